The predicted octanol–water partition coefficient (Wildman–Crippen LogP) is 5.89. The Labute approximate surface area is 174 Å². The number of aromatic nitrogens is 1. The molecule has 5 heteroatoms. The van der Waals surface area contributed by atoms with Gasteiger partial charge >= 0.3 is 0 Å². The molecule has 1 atom stereocenters. The number of ketones is 1. The molecule has 0 amide bonds. The Kier molecular flexibility index (Phi) is 5.85. The standard InChI is InChI=1S/C23H21ClN2OS/c24-17-11-9-15(10-12-17)21(27)14-28-23-19(13-25)22(16-5-2-1-3-6-16)18-7-4-8-20(18)26-23/h1-2,9-12,16H,3-8,14H2. The molecule has 1 unspecified atom stereocenters. The normalized spacial score (nSPS) is 17.9. The number of Topliss-reactive ketones (excluding diaryl/α,β-unsaturated/α-hetero) is 1. The van der Waals surface area contributed by atoms with Crippen LogP contribution >= 0.6 is 23.4 Å². The highest BCUT2D eigenvalue weighted by Gasteiger charge is 2.28. The number of hydrogen-bond donors (Lipinski definition) is 0. The maximum absolute atomic E-state index is 12.6. The molecule has 142 valence electrons. The van der Waals surface area contributed by atoms with Gasteiger partial charge in [0, 0.05) is 16.3 Å². The molecule has 4 rings (SSSR count). The third-order valence-corrected chi connectivity index (χ3v) is 6.76. The Morgan fingerprint density at radius 2 is 2.07 bits per heavy atom. The van der Waals surface area contributed by atoms with Crippen molar-refractivity contribution in [3.8, 4) is 6.07 Å². The van der Waals surface area contributed by atoms with E-state index in [0.29, 0.717) is 22.1 Å². The fraction of sp³-hybridized carbons (Fsp3) is 0.348. The number of nitriles is 1. The first kappa shape index (κ1) is 19.2. The highest BCUT2D eigenvalue weighted by atomic mass is 35.5. The minimum atomic E-state index is 0.0232. The first-order valence-corrected chi connectivity index (χ1v) is 11.1. The van der Waals surface area contributed by atoms with Crippen LogP contribution < -0.4 is 0 Å². The van der Waals surface area contributed by atoms with E-state index in [1.165, 1.54) is 22.9 Å². The summed E-state index contributed by atoms with van der Waals surface area (Å²) in [4.78, 5) is 17.4. The number of carbonyl (C=O) groups is 1. The Morgan fingerprint density at radius 1 is 1.25 bits per heavy atom. The summed E-state index contributed by atoms with van der Waals surface area (Å²) in [6.45, 7) is 0. The summed E-state index contributed by atoms with van der Waals surface area (Å²) in [5, 5.41) is 11.3. The topological polar surface area (TPSA) is 53.8 Å². The minimum absolute atomic E-state index is 0.0232. The maximum atomic E-state index is 12.6. The number of carbonyl (C=O) groups excluding carboxylic acids is 1. The van der Waals surface area contributed by atoms with Crippen LogP contribution in [0.15, 0.2) is 41.4 Å². The third kappa shape index (κ3) is 3.87. The van der Waals surface area contributed by atoms with Gasteiger partial charge in [-0.2, -0.15) is 5.26 Å². The van der Waals surface area contributed by atoms with Gasteiger partial charge < -0.3 is 0 Å². The SMILES string of the molecule is N#Cc1c(SCC(=O)c2ccc(Cl)cc2)nc2c(c1C1CC=CCC1)CCC2. The average molecular weight is 409 g/mol. The van der Waals surface area contributed by atoms with Gasteiger partial charge in [-0.25, -0.2) is 4.98 Å². The van der Waals surface area contributed by atoms with Crippen molar-refractivity contribution < 1.29 is 4.79 Å². The fourth-order valence-corrected chi connectivity index (χ4v) is 5.19. The van der Waals surface area contributed by atoms with E-state index in [2.05, 4.69) is 18.2 Å². The molecule has 0 saturated heterocycles. The van der Waals surface area contributed by atoms with Crippen LogP contribution in [0.2, 0.25) is 5.02 Å². The number of pyridine rings is 1. The molecule has 0 bridgehead atoms. The molecule has 1 aromatic heterocycles. The molecule has 1 aromatic carbocycles. The van der Waals surface area contributed by atoms with E-state index in [4.69, 9.17) is 16.6 Å². The molecule has 0 radical (unpaired) electrons. The van der Waals surface area contributed by atoms with Gasteiger partial charge in [0.05, 0.1) is 11.3 Å². The molecule has 2 aromatic rings. The number of fused-ring (bicyclic) bond motifs is 1. The Bertz CT molecular complexity index is 976. The van der Waals surface area contributed by atoms with Crippen LogP contribution in [0.1, 0.15) is 64.3 Å². The van der Waals surface area contributed by atoms with Crippen LogP contribution in [0.5, 0.6) is 0 Å². The maximum Gasteiger partial charge on any atom is 0.173 e. The van der Waals surface area contributed by atoms with Gasteiger partial charge in [0.25, 0.3) is 0 Å². The zero-order chi connectivity index (χ0) is 19.5. The quantitative estimate of drug-likeness (QED) is 0.351. The Morgan fingerprint density at radius 3 is 2.79 bits per heavy atom. The summed E-state index contributed by atoms with van der Waals surface area (Å²) in [6.07, 6.45) is 10.7. The minimum Gasteiger partial charge on any atom is -0.293 e. The number of rotatable bonds is 5. The fourth-order valence-electron chi connectivity index (χ4n) is 4.16. The van der Waals surface area contributed by atoms with Crippen LogP contribution in [0.3, 0.4) is 0 Å². The monoisotopic (exact) mass is 408 g/mol. The van der Waals surface area contributed by atoms with E-state index >= 15 is 0 Å². The zero-order valence-corrected chi connectivity index (χ0v) is 17.2. The highest BCUT2D eigenvalue weighted by Crippen LogP contribution is 2.40. The van der Waals surface area contributed by atoms with E-state index < -0.39 is 0 Å². The van der Waals surface area contributed by atoms with Crippen molar-refractivity contribution in [1.29, 1.82) is 5.26 Å². The molecule has 0 N–H and O–H groups in total. The smallest absolute Gasteiger partial charge is 0.173 e. The van der Waals surface area contributed by atoms with Crippen molar-refractivity contribution in [2.75, 3.05) is 5.75 Å². The summed E-state index contributed by atoms with van der Waals surface area (Å²) < 4.78 is 0. The molecular formula is C23H21ClN2OS. The van der Waals surface area contributed by atoms with Crippen molar-refractivity contribution in [3.63, 3.8) is 0 Å². The lowest BCUT2D eigenvalue weighted by atomic mass is 9.83. The lowest BCUT2D eigenvalue weighted by Gasteiger charge is -2.23. The summed E-state index contributed by atoms with van der Waals surface area (Å²) >= 11 is 7.30. The van der Waals surface area contributed by atoms with E-state index in [9.17, 15) is 10.1 Å². The van der Waals surface area contributed by atoms with Gasteiger partial charge in [-0.05, 0) is 79.8 Å². The Balaban J connectivity index is 1.63. The van der Waals surface area contributed by atoms with Gasteiger partial charge in [0.1, 0.15) is 11.1 Å². The van der Waals surface area contributed by atoms with Gasteiger partial charge in [0.2, 0.25) is 0 Å². The van der Waals surface area contributed by atoms with Crippen molar-refractivity contribution in [3.05, 3.63) is 69.4 Å². The molecule has 2 aliphatic carbocycles. The van der Waals surface area contributed by atoms with Crippen LogP contribution in [0.25, 0.3) is 0 Å². The number of thioether (sulfide) groups is 1. The molecule has 0 spiro atoms. The second-order valence-electron chi connectivity index (χ2n) is 7.30. The number of aryl methyl sites for hydroxylation is 1. The highest BCUT2D eigenvalue weighted by molar-refractivity contribution is 8.00. The van der Waals surface area contributed by atoms with E-state index in [0.717, 1.165) is 49.2 Å². The molecule has 3 nitrogen and oxygen atoms in total. The van der Waals surface area contributed by atoms with Crippen molar-refractivity contribution in [1.82, 2.24) is 4.98 Å². The average Bonchev–Trinajstić information content (AvgIpc) is 3.20. The van der Waals surface area contributed by atoms with Crippen LogP contribution in [0.4, 0.5) is 0 Å². The molecule has 0 saturated carbocycles. The lowest BCUT2D eigenvalue weighted by molar-refractivity contribution is 0.102. The summed E-state index contributed by atoms with van der Waals surface area (Å²) in [7, 11) is 0. The predicted molar refractivity (Wildman–Crippen MR) is 113 cm³/mol. The number of hydrogen-bond acceptors (Lipinski definition) is 4. The first-order chi connectivity index (χ1) is 13.7. The van der Waals surface area contributed by atoms with Crippen molar-refractivity contribution in [2.45, 2.75) is 49.5 Å². The Hall–Kier alpha value is -2.09. The first-order valence-electron chi connectivity index (χ1n) is 9.69. The van der Waals surface area contributed by atoms with Crippen molar-refractivity contribution >= 4 is 29.1 Å². The molecule has 2 aliphatic rings. The van der Waals surface area contributed by atoms with Gasteiger partial charge in [-0.15, -0.1) is 0 Å². The number of nitrogens with zero attached hydrogens (tertiary/aromatic N) is 2. The van der Waals surface area contributed by atoms with Crippen LogP contribution in [-0.2, 0) is 12.8 Å². The van der Waals surface area contributed by atoms with Gasteiger partial charge in [0.15, 0.2) is 5.78 Å². The number of allylic oxidation sites excluding steroid dienone is 2. The summed E-state index contributed by atoms with van der Waals surface area (Å²) in [5.74, 6) is 0.683. The van der Waals surface area contributed by atoms with Gasteiger partial charge in [-0.1, -0.05) is 35.5 Å². The molecule has 28 heavy (non-hydrogen) atoms. The van der Waals surface area contributed by atoms with E-state index in [1.54, 1.807) is 24.3 Å². The van der Waals surface area contributed by atoms with E-state index in [1.807, 2.05) is 0 Å². The largest absolute Gasteiger partial charge is 0.293 e. The van der Waals surface area contributed by atoms with Crippen LogP contribution in [-0.4, -0.2) is 16.5 Å². The molecule has 1 heterocycles. The molecule has 0 aliphatic heterocycles. The summed E-state index contributed by atoms with van der Waals surface area (Å²) in [5.41, 5.74) is 4.95. The lowest BCUT2D eigenvalue weighted by Crippen LogP contribution is -2.11. The zero-order valence-electron chi connectivity index (χ0n) is 15.6. The van der Waals surface area contributed by atoms with Gasteiger partial charge in [-0.3, -0.25) is 4.79 Å². The molecular weight excluding hydrogens is 388 g/mol. The van der Waals surface area contributed by atoms with Crippen molar-refractivity contribution in [2.24, 2.45) is 0 Å². The second-order valence-corrected chi connectivity index (χ2v) is 8.70. The molecule has 0 fully saturated rings. The summed E-state index contributed by atoms with van der Waals surface area (Å²) in [6, 6.07) is 9.36. The third-order valence-electron chi connectivity index (χ3n) is 5.53. The van der Waals surface area contributed by atoms with Crippen LogP contribution in [0, 0.1) is 11.3 Å². The van der Waals surface area contributed by atoms with E-state index in [-0.39, 0.29) is 11.5 Å². The second kappa shape index (κ2) is 8.51. The number of halogens is 1. The number of benzene rings is 1.